The van der Waals surface area contributed by atoms with Crippen LogP contribution in [0.15, 0.2) is 54.6 Å². The summed E-state index contributed by atoms with van der Waals surface area (Å²) in [6.07, 6.45) is 4.32. The highest BCUT2D eigenvalue weighted by molar-refractivity contribution is 5.69. The zero-order valence-corrected chi connectivity index (χ0v) is 10.4. The molecule has 0 aliphatic rings. The fraction of sp³-hybridized carbons (Fsp3) is 0.176. The Balaban J connectivity index is 2.19. The average molecular weight is 222 g/mol. The van der Waals surface area contributed by atoms with E-state index >= 15 is 0 Å². The summed E-state index contributed by atoms with van der Waals surface area (Å²) in [7, 11) is 0. The predicted molar refractivity (Wildman–Crippen MR) is 75.9 cm³/mol. The molecule has 0 heterocycles. The molecule has 17 heavy (non-hydrogen) atoms. The first-order valence-electron chi connectivity index (χ1n) is 6.09. The molecule has 2 aromatic rings. The van der Waals surface area contributed by atoms with E-state index in [-0.39, 0.29) is 0 Å². The molecule has 0 fully saturated rings. The van der Waals surface area contributed by atoms with E-state index in [0.29, 0.717) is 5.92 Å². The summed E-state index contributed by atoms with van der Waals surface area (Å²) in [6.45, 7) is 4.44. The monoisotopic (exact) mass is 222 g/mol. The molecule has 0 nitrogen and oxygen atoms in total. The Kier molecular flexibility index (Phi) is 3.77. The maximum atomic E-state index is 2.25. The van der Waals surface area contributed by atoms with Crippen molar-refractivity contribution in [3.05, 3.63) is 71.3 Å². The summed E-state index contributed by atoms with van der Waals surface area (Å²) in [4.78, 5) is 0. The first-order valence-corrected chi connectivity index (χ1v) is 6.09. The van der Waals surface area contributed by atoms with Gasteiger partial charge in [-0.1, -0.05) is 80.6 Å². The van der Waals surface area contributed by atoms with Crippen molar-refractivity contribution >= 4 is 12.2 Å². The molecule has 0 aromatic heterocycles. The molecule has 0 radical (unpaired) electrons. The van der Waals surface area contributed by atoms with E-state index in [1.54, 1.807) is 0 Å². The maximum absolute atomic E-state index is 2.25. The molecule has 0 atom stereocenters. The molecule has 0 amide bonds. The first kappa shape index (κ1) is 11.7. The minimum absolute atomic E-state index is 0.583. The van der Waals surface area contributed by atoms with Gasteiger partial charge in [0.05, 0.1) is 0 Å². The van der Waals surface area contributed by atoms with Gasteiger partial charge in [-0.05, 0) is 22.6 Å². The standard InChI is InChI=1S/C17H18/c1-14(2)17-10-6-9-16(13-17)12-11-15-7-4-3-5-8-15/h3-14H,1-2H3/b12-11+. The highest BCUT2D eigenvalue weighted by Crippen LogP contribution is 2.17. The van der Waals surface area contributed by atoms with Gasteiger partial charge in [-0.2, -0.15) is 0 Å². The molecule has 2 aromatic carbocycles. The van der Waals surface area contributed by atoms with Crippen LogP contribution in [-0.2, 0) is 0 Å². The number of hydrogen-bond donors (Lipinski definition) is 0. The van der Waals surface area contributed by atoms with Gasteiger partial charge < -0.3 is 0 Å². The first-order chi connectivity index (χ1) is 8.25. The number of benzene rings is 2. The summed E-state index contributed by atoms with van der Waals surface area (Å²) >= 11 is 0. The highest BCUT2D eigenvalue weighted by Gasteiger charge is 1.97. The summed E-state index contributed by atoms with van der Waals surface area (Å²) in [5.74, 6) is 0.583. The summed E-state index contributed by atoms with van der Waals surface area (Å²) < 4.78 is 0. The molecule has 2 rings (SSSR count). The third-order valence-corrected chi connectivity index (χ3v) is 2.85. The minimum atomic E-state index is 0.583. The Morgan fingerprint density at radius 2 is 1.41 bits per heavy atom. The Hall–Kier alpha value is -1.82. The normalized spacial score (nSPS) is 11.2. The van der Waals surface area contributed by atoms with Crippen LogP contribution < -0.4 is 0 Å². The van der Waals surface area contributed by atoms with E-state index in [9.17, 15) is 0 Å². The second-order valence-electron chi connectivity index (χ2n) is 4.57. The summed E-state index contributed by atoms with van der Waals surface area (Å²) in [6, 6.07) is 19.1. The van der Waals surface area contributed by atoms with Crippen LogP contribution in [0, 0.1) is 0 Å². The Morgan fingerprint density at radius 3 is 2.12 bits per heavy atom. The fourth-order valence-corrected chi connectivity index (χ4v) is 1.78. The van der Waals surface area contributed by atoms with Gasteiger partial charge in [0, 0.05) is 0 Å². The molecule has 0 aliphatic heterocycles. The molecular formula is C17H18. The lowest BCUT2D eigenvalue weighted by molar-refractivity contribution is 0.866. The molecule has 0 saturated heterocycles. The van der Waals surface area contributed by atoms with Crippen LogP contribution >= 0.6 is 0 Å². The lowest BCUT2D eigenvalue weighted by atomic mass is 10.0. The highest BCUT2D eigenvalue weighted by atomic mass is 14.0. The van der Waals surface area contributed by atoms with Crippen LogP contribution in [0.4, 0.5) is 0 Å². The lowest BCUT2D eigenvalue weighted by Gasteiger charge is -2.05. The van der Waals surface area contributed by atoms with E-state index in [1.807, 2.05) is 6.07 Å². The maximum Gasteiger partial charge on any atom is -0.0219 e. The Bertz CT molecular complexity index is 492. The molecule has 0 N–H and O–H groups in total. The molecule has 0 heteroatoms. The van der Waals surface area contributed by atoms with Crippen LogP contribution in [0.3, 0.4) is 0 Å². The van der Waals surface area contributed by atoms with E-state index in [2.05, 4.69) is 74.5 Å². The molecule has 0 saturated carbocycles. The van der Waals surface area contributed by atoms with Crippen LogP contribution in [0.2, 0.25) is 0 Å². The molecule has 0 spiro atoms. The van der Waals surface area contributed by atoms with Crippen LogP contribution in [0.25, 0.3) is 12.2 Å². The van der Waals surface area contributed by atoms with E-state index < -0.39 is 0 Å². The Labute approximate surface area is 104 Å². The van der Waals surface area contributed by atoms with E-state index in [1.165, 1.54) is 16.7 Å². The third-order valence-electron chi connectivity index (χ3n) is 2.85. The molecular weight excluding hydrogens is 204 g/mol. The molecule has 0 bridgehead atoms. The zero-order valence-electron chi connectivity index (χ0n) is 10.4. The molecule has 0 aliphatic carbocycles. The van der Waals surface area contributed by atoms with Crippen LogP contribution in [-0.4, -0.2) is 0 Å². The third kappa shape index (κ3) is 3.32. The topological polar surface area (TPSA) is 0 Å². The van der Waals surface area contributed by atoms with Crippen molar-refractivity contribution < 1.29 is 0 Å². The van der Waals surface area contributed by atoms with Crippen molar-refractivity contribution in [3.8, 4) is 0 Å². The minimum Gasteiger partial charge on any atom is -0.0622 e. The van der Waals surface area contributed by atoms with Gasteiger partial charge in [-0.15, -0.1) is 0 Å². The van der Waals surface area contributed by atoms with Gasteiger partial charge in [0.25, 0.3) is 0 Å². The van der Waals surface area contributed by atoms with Gasteiger partial charge in [0.1, 0.15) is 0 Å². The largest absolute Gasteiger partial charge is 0.0622 e. The zero-order chi connectivity index (χ0) is 12.1. The number of rotatable bonds is 3. The quantitative estimate of drug-likeness (QED) is 0.642. The van der Waals surface area contributed by atoms with Gasteiger partial charge in [-0.25, -0.2) is 0 Å². The van der Waals surface area contributed by atoms with Crippen LogP contribution in [0.1, 0.15) is 36.5 Å². The summed E-state index contributed by atoms with van der Waals surface area (Å²) in [5, 5.41) is 0. The molecule has 86 valence electrons. The van der Waals surface area contributed by atoms with Crippen molar-refractivity contribution in [2.24, 2.45) is 0 Å². The van der Waals surface area contributed by atoms with E-state index in [0.717, 1.165) is 0 Å². The van der Waals surface area contributed by atoms with Crippen molar-refractivity contribution in [2.75, 3.05) is 0 Å². The predicted octanol–water partition coefficient (Wildman–Crippen LogP) is 4.98. The SMILES string of the molecule is CC(C)c1cccc(/C=C/c2ccccc2)c1. The number of hydrogen-bond acceptors (Lipinski definition) is 0. The van der Waals surface area contributed by atoms with Gasteiger partial charge in [0.15, 0.2) is 0 Å². The van der Waals surface area contributed by atoms with E-state index in [4.69, 9.17) is 0 Å². The Morgan fingerprint density at radius 1 is 0.765 bits per heavy atom. The van der Waals surface area contributed by atoms with Crippen LogP contribution in [0.5, 0.6) is 0 Å². The van der Waals surface area contributed by atoms with Gasteiger partial charge >= 0.3 is 0 Å². The van der Waals surface area contributed by atoms with Gasteiger partial charge in [0.2, 0.25) is 0 Å². The lowest BCUT2D eigenvalue weighted by Crippen LogP contribution is -1.86. The fourth-order valence-electron chi connectivity index (χ4n) is 1.78. The van der Waals surface area contributed by atoms with Gasteiger partial charge in [-0.3, -0.25) is 0 Å². The average Bonchev–Trinajstić information content (AvgIpc) is 2.38. The van der Waals surface area contributed by atoms with Crippen molar-refractivity contribution in [1.82, 2.24) is 0 Å². The second kappa shape index (κ2) is 5.49. The smallest absolute Gasteiger partial charge is 0.0219 e. The van der Waals surface area contributed by atoms with Crippen molar-refractivity contribution in [2.45, 2.75) is 19.8 Å². The van der Waals surface area contributed by atoms with Crippen molar-refractivity contribution in [1.29, 1.82) is 0 Å². The molecule has 0 unspecified atom stereocenters. The second-order valence-corrected chi connectivity index (χ2v) is 4.57. The summed E-state index contributed by atoms with van der Waals surface area (Å²) in [5.41, 5.74) is 3.89. The van der Waals surface area contributed by atoms with Crippen molar-refractivity contribution in [3.63, 3.8) is 0 Å².